The molecule has 0 amide bonds. The number of nitrogens with zero attached hydrogens (tertiary/aromatic N) is 2. The van der Waals surface area contributed by atoms with E-state index in [-0.39, 0.29) is 21.2 Å². The van der Waals surface area contributed by atoms with E-state index in [1.165, 1.54) is 17.3 Å². The molecule has 0 spiro atoms. The molecule has 0 aliphatic heterocycles. The van der Waals surface area contributed by atoms with E-state index in [0.29, 0.717) is 15.7 Å². The maximum absolute atomic E-state index is 9.17. The van der Waals surface area contributed by atoms with Gasteiger partial charge >= 0.3 is 154 Å². The van der Waals surface area contributed by atoms with E-state index in [9.17, 15) is 5.26 Å². The van der Waals surface area contributed by atoms with Crippen molar-refractivity contribution in [2.45, 2.75) is 6.92 Å². The summed E-state index contributed by atoms with van der Waals surface area (Å²) in [5.41, 5.74) is 0.575. The Bertz CT molecular complexity index is 749. The third-order valence-corrected chi connectivity index (χ3v) is 8.73. The van der Waals surface area contributed by atoms with E-state index >= 15 is 0 Å². The van der Waals surface area contributed by atoms with Gasteiger partial charge in [0.25, 0.3) is 0 Å². The number of aryl methyl sites for hydroxylation is 1. The van der Waals surface area contributed by atoms with Gasteiger partial charge in [0, 0.05) is 0 Å². The van der Waals surface area contributed by atoms with Crippen LogP contribution in [0.5, 0.6) is 0 Å². The molecule has 105 valence electrons. The molecule has 0 atom stereocenters. The van der Waals surface area contributed by atoms with E-state index in [1.807, 2.05) is 12.9 Å². The molecule has 0 saturated carbocycles. The molecule has 0 aliphatic rings. The maximum atomic E-state index is 9.17. The predicted molar refractivity (Wildman–Crippen MR) is 91.3 cm³/mol. The molecular weight excluding hydrogens is 456 g/mol. The number of aromatic nitrogens is 1. The van der Waals surface area contributed by atoms with Crippen molar-refractivity contribution in [2.24, 2.45) is 0 Å². The van der Waals surface area contributed by atoms with Crippen LogP contribution in [0.4, 0.5) is 0 Å². The fraction of sp³-hybridized carbons (Fsp3) is 0.167. The van der Waals surface area contributed by atoms with Crippen LogP contribution in [-0.4, -0.2) is 35.7 Å². The number of hydrogen-bond acceptors (Lipinski definition) is 4. The number of thiophene rings is 1. The summed E-state index contributed by atoms with van der Waals surface area (Å²) >= 11 is 14.9. The Morgan fingerprint density at radius 2 is 2.19 bits per heavy atom. The monoisotopic (exact) mass is 462 g/mol. The van der Waals surface area contributed by atoms with Gasteiger partial charge in [-0.1, -0.05) is 0 Å². The number of nitriles is 1. The van der Waals surface area contributed by atoms with Gasteiger partial charge in [0.1, 0.15) is 0 Å². The minimum atomic E-state index is -0.314. The van der Waals surface area contributed by atoms with Crippen molar-refractivity contribution in [3.63, 3.8) is 0 Å². The second kappa shape index (κ2) is 8.02. The fourth-order valence-electron chi connectivity index (χ4n) is 1.48. The van der Waals surface area contributed by atoms with Gasteiger partial charge in [0.15, 0.2) is 0 Å². The Balaban J connectivity index is 2.06. The Morgan fingerprint density at radius 3 is 2.76 bits per heavy atom. The molecule has 0 aromatic carbocycles. The molecule has 9 heteroatoms. The van der Waals surface area contributed by atoms with Gasteiger partial charge in [-0.05, 0) is 0 Å². The standard InChI is InChI=1S/C12H7B2Cl2IN2S2/c1-6-19-11(16)9(20-6)3-14-5-17-12-7(4-18)10(15)8(2-13)21-12/h2-3H,5H2,1H3/q-1. The summed E-state index contributed by atoms with van der Waals surface area (Å²) in [6.07, 6.45) is 0. The van der Waals surface area contributed by atoms with Crippen LogP contribution < -0.4 is 21.2 Å². The summed E-state index contributed by atoms with van der Waals surface area (Å²) < 4.78 is 1.97. The molecule has 0 saturated heterocycles. The van der Waals surface area contributed by atoms with Crippen molar-refractivity contribution in [2.75, 3.05) is 4.33 Å². The SMILES string of the molecule is [B]=Cc1sc([I-]CB=Cc2sc(C)nc2Cl)c(C#N)c1Cl. The summed E-state index contributed by atoms with van der Waals surface area (Å²) in [6, 6.07) is 2.17. The molecule has 2 aromatic rings. The van der Waals surface area contributed by atoms with Gasteiger partial charge < -0.3 is 0 Å². The van der Waals surface area contributed by atoms with Crippen molar-refractivity contribution in [1.82, 2.24) is 4.98 Å². The van der Waals surface area contributed by atoms with Crippen LogP contribution in [0.1, 0.15) is 20.3 Å². The van der Waals surface area contributed by atoms with Crippen LogP contribution in [-0.2, 0) is 0 Å². The third-order valence-electron chi connectivity index (χ3n) is 2.37. The summed E-state index contributed by atoms with van der Waals surface area (Å²) in [6.45, 7) is 4.01. The van der Waals surface area contributed by atoms with Gasteiger partial charge in [-0.3, -0.25) is 0 Å². The van der Waals surface area contributed by atoms with Crippen molar-refractivity contribution < 1.29 is 21.2 Å². The zero-order chi connectivity index (χ0) is 15.4. The van der Waals surface area contributed by atoms with Gasteiger partial charge in [-0.25, -0.2) is 0 Å². The molecule has 2 aromatic heterocycles. The van der Waals surface area contributed by atoms with E-state index in [1.54, 1.807) is 11.3 Å². The van der Waals surface area contributed by atoms with E-state index in [2.05, 4.69) is 18.0 Å². The number of alkyl halides is 1. The Hall–Kier alpha value is -0.000130. The van der Waals surface area contributed by atoms with Gasteiger partial charge in [-0.2, -0.15) is 0 Å². The van der Waals surface area contributed by atoms with Crippen molar-refractivity contribution in [3.8, 4) is 6.07 Å². The van der Waals surface area contributed by atoms with Gasteiger partial charge in [-0.15, -0.1) is 0 Å². The average Bonchev–Trinajstić information content (AvgIpc) is 2.94. The predicted octanol–water partition coefficient (Wildman–Crippen LogP) is -0.219. The number of thiazole rings is 1. The molecular formula is C12H7B2Cl2IN2S2-. The zero-order valence-corrected chi connectivity index (χ0v) is 16.2. The summed E-state index contributed by atoms with van der Waals surface area (Å²) in [5, 5.41) is 11.1. The van der Waals surface area contributed by atoms with Crippen LogP contribution in [0.25, 0.3) is 0 Å². The first kappa shape index (κ1) is 17.4. The molecule has 0 fully saturated rings. The van der Waals surface area contributed by atoms with E-state index in [4.69, 9.17) is 30.7 Å². The summed E-state index contributed by atoms with van der Waals surface area (Å²) in [4.78, 5) is 5.91. The van der Waals surface area contributed by atoms with E-state index in [0.717, 1.165) is 22.0 Å². The molecule has 0 bridgehead atoms. The molecule has 2 rings (SSSR count). The molecule has 0 unspecified atom stereocenters. The first-order chi connectivity index (χ1) is 10.1. The van der Waals surface area contributed by atoms with Crippen LogP contribution >= 0.6 is 45.9 Å². The Kier molecular flexibility index (Phi) is 6.63. The quantitative estimate of drug-likeness (QED) is 0.350. The van der Waals surface area contributed by atoms with Crippen molar-refractivity contribution in [3.05, 3.63) is 33.4 Å². The normalized spacial score (nSPS) is 10.7. The number of rotatable bonds is 5. The fourth-order valence-corrected chi connectivity index (χ4v) is 7.16. The number of halogens is 3. The van der Waals surface area contributed by atoms with Crippen LogP contribution in [0.15, 0.2) is 0 Å². The Labute approximate surface area is 153 Å². The second-order valence-electron chi connectivity index (χ2n) is 3.79. The molecule has 1 radical (unpaired) electrons. The summed E-state index contributed by atoms with van der Waals surface area (Å²) in [7, 11) is 5.51. The number of hydrogen-bond donors (Lipinski definition) is 0. The van der Waals surface area contributed by atoms with Gasteiger partial charge in [0.2, 0.25) is 0 Å². The van der Waals surface area contributed by atoms with Crippen molar-refractivity contribution >= 4 is 72.2 Å². The molecule has 21 heavy (non-hydrogen) atoms. The molecule has 0 aliphatic carbocycles. The summed E-state index contributed by atoms with van der Waals surface area (Å²) in [5.74, 6) is 3.45. The average molecular weight is 463 g/mol. The minimum absolute atomic E-state index is 0.314. The molecule has 2 nitrogen and oxygen atoms in total. The first-order valence-corrected chi connectivity index (χ1v) is 10.7. The second-order valence-corrected chi connectivity index (χ2v) is 10.3. The molecule has 0 N–H and O–H groups in total. The van der Waals surface area contributed by atoms with Crippen molar-refractivity contribution in [1.29, 1.82) is 5.26 Å². The third kappa shape index (κ3) is 4.26. The van der Waals surface area contributed by atoms with Gasteiger partial charge in [0.05, 0.1) is 0 Å². The van der Waals surface area contributed by atoms with E-state index < -0.39 is 0 Å². The van der Waals surface area contributed by atoms with Crippen LogP contribution in [0, 0.1) is 21.1 Å². The topological polar surface area (TPSA) is 36.7 Å². The molecule has 2 heterocycles. The Morgan fingerprint density at radius 1 is 1.43 bits per heavy atom. The van der Waals surface area contributed by atoms with Crippen LogP contribution in [0.2, 0.25) is 10.2 Å². The first-order valence-electron chi connectivity index (χ1n) is 5.72. The zero-order valence-electron chi connectivity index (χ0n) is 10.9. The van der Waals surface area contributed by atoms with Crippen LogP contribution in [0.3, 0.4) is 0 Å².